The number of nitrogens with zero attached hydrogens (tertiary/aromatic N) is 4. The molecule has 2 aliphatic heterocycles. The van der Waals surface area contributed by atoms with Crippen LogP contribution in [-0.4, -0.2) is 84.6 Å². The molecule has 1 aromatic heterocycles. The largest absolute Gasteiger partial charge is 0.383 e. The number of methoxy groups -OCH3 is 1. The van der Waals surface area contributed by atoms with Crippen molar-refractivity contribution in [1.29, 1.82) is 0 Å². The van der Waals surface area contributed by atoms with E-state index in [0.29, 0.717) is 18.2 Å². The molecular weight excluding hydrogens is 368 g/mol. The molecular formula is C22H32N4O3. The third kappa shape index (κ3) is 4.17. The van der Waals surface area contributed by atoms with Crippen LogP contribution in [0.15, 0.2) is 24.3 Å². The van der Waals surface area contributed by atoms with Crippen molar-refractivity contribution >= 4 is 16.8 Å². The highest BCUT2D eigenvalue weighted by Gasteiger charge is 2.45. The van der Waals surface area contributed by atoms with Gasteiger partial charge in [-0.15, -0.1) is 0 Å². The fraction of sp³-hybridized carbons (Fsp3) is 0.636. The number of likely N-dealkylation sites (tertiary alicyclic amines) is 1. The molecule has 2 fully saturated rings. The van der Waals surface area contributed by atoms with Crippen LogP contribution >= 0.6 is 0 Å². The number of ether oxygens (including phenoxy) is 2. The molecule has 0 radical (unpaired) electrons. The summed E-state index contributed by atoms with van der Waals surface area (Å²) in [4.78, 5) is 17.6. The Labute approximate surface area is 172 Å². The van der Waals surface area contributed by atoms with Gasteiger partial charge in [-0.3, -0.25) is 9.48 Å². The molecule has 0 saturated carbocycles. The van der Waals surface area contributed by atoms with E-state index in [4.69, 9.17) is 9.47 Å². The molecule has 1 amide bonds. The SMILES string of the molecule is COCCN(C)C[C@@H]1CO[C@@]2(CCCN(C(=O)c3nn(C)c4ccccc34)C2)C1. The number of piperidine rings is 1. The molecule has 2 atom stereocenters. The second-order valence-corrected chi connectivity index (χ2v) is 8.64. The minimum absolute atomic E-state index is 0.0186. The zero-order valence-electron chi connectivity index (χ0n) is 17.8. The molecule has 2 aliphatic rings. The summed E-state index contributed by atoms with van der Waals surface area (Å²) in [5, 5.41) is 5.45. The van der Waals surface area contributed by atoms with Crippen LogP contribution in [0.3, 0.4) is 0 Å². The van der Waals surface area contributed by atoms with Crippen molar-refractivity contribution in [3.63, 3.8) is 0 Å². The predicted octanol–water partition coefficient (Wildman–Crippen LogP) is 2.16. The van der Waals surface area contributed by atoms with Gasteiger partial charge < -0.3 is 19.3 Å². The summed E-state index contributed by atoms with van der Waals surface area (Å²) in [7, 11) is 5.76. The van der Waals surface area contributed by atoms with Gasteiger partial charge in [0.05, 0.1) is 30.9 Å². The molecule has 29 heavy (non-hydrogen) atoms. The number of rotatable bonds is 6. The first-order chi connectivity index (χ1) is 14.0. The second-order valence-electron chi connectivity index (χ2n) is 8.64. The van der Waals surface area contributed by atoms with Gasteiger partial charge in [-0.05, 0) is 38.3 Å². The normalized spacial score (nSPS) is 24.8. The molecule has 2 aromatic rings. The molecule has 7 heteroatoms. The van der Waals surface area contributed by atoms with Crippen molar-refractivity contribution in [3.05, 3.63) is 30.0 Å². The van der Waals surface area contributed by atoms with Crippen LogP contribution < -0.4 is 0 Å². The number of aryl methyl sites for hydroxylation is 1. The smallest absolute Gasteiger partial charge is 0.275 e. The number of likely N-dealkylation sites (N-methyl/N-ethyl adjacent to an activating group) is 1. The highest BCUT2D eigenvalue weighted by Crippen LogP contribution is 2.38. The number of fused-ring (bicyclic) bond motifs is 1. The van der Waals surface area contributed by atoms with Crippen molar-refractivity contribution < 1.29 is 14.3 Å². The number of hydrogen-bond donors (Lipinski definition) is 0. The molecule has 4 rings (SSSR count). The van der Waals surface area contributed by atoms with E-state index >= 15 is 0 Å². The summed E-state index contributed by atoms with van der Waals surface area (Å²) in [5.41, 5.74) is 1.33. The van der Waals surface area contributed by atoms with Crippen LogP contribution in [0, 0.1) is 5.92 Å². The van der Waals surface area contributed by atoms with Crippen molar-refractivity contribution in [2.45, 2.75) is 24.9 Å². The lowest BCUT2D eigenvalue weighted by Crippen LogP contribution is -2.50. The molecule has 0 N–H and O–H groups in total. The quantitative estimate of drug-likeness (QED) is 0.744. The minimum Gasteiger partial charge on any atom is -0.383 e. The Morgan fingerprint density at radius 3 is 3.07 bits per heavy atom. The van der Waals surface area contributed by atoms with E-state index < -0.39 is 0 Å². The van der Waals surface area contributed by atoms with Gasteiger partial charge in [-0.1, -0.05) is 18.2 Å². The van der Waals surface area contributed by atoms with Gasteiger partial charge in [-0.2, -0.15) is 5.10 Å². The highest BCUT2D eigenvalue weighted by molar-refractivity contribution is 6.04. The maximum atomic E-state index is 13.3. The topological polar surface area (TPSA) is 59.8 Å². The fourth-order valence-corrected chi connectivity index (χ4v) is 4.91. The monoisotopic (exact) mass is 400 g/mol. The van der Waals surface area contributed by atoms with Crippen LogP contribution in [0.2, 0.25) is 0 Å². The number of amides is 1. The first-order valence-corrected chi connectivity index (χ1v) is 10.5. The van der Waals surface area contributed by atoms with E-state index in [1.807, 2.05) is 36.2 Å². The van der Waals surface area contributed by atoms with Gasteiger partial charge in [-0.25, -0.2) is 0 Å². The summed E-state index contributed by atoms with van der Waals surface area (Å²) in [6, 6.07) is 7.92. The van der Waals surface area contributed by atoms with Crippen molar-refractivity contribution in [2.24, 2.45) is 13.0 Å². The minimum atomic E-state index is -0.203. The zero-order valence-corrected chi connectivity index (χ0v) is 17.8. The third-order valence-corrected chi connectivity index (χ3v) is 6.32. The van der Waals surface area contributed by atoms with E-state index in [-0.39, 0.29) is 11.5 Å². The average Bonchev–Trinajstić information content (AvgIpc) is 3.27. The maximum Gasteiger partial charge on any atom is 0.275 e. The number of carbonyl (C=O) groups excluding carboxylic acids is 1. The van der Waals surface area contributed by atoms with Gasteiger partial charge in [0.2, 0.25) is 0 Å². The first-order valence-electron chi connectivity index (χ1n) is 10.5. The van der Waals surface area contributed by atoms with Gasteiger partial charge in [0, 0.05) is 39.2 Å². The number of carbonyl (C=O) groups is 1. The Morgan fingerprint density at radius 1 is 1.41 bits per heavy atom. The molecule has 0 bridgehead atoms. The Balaban J connectivity index is 1.44. The lowest BCUT2D eigenvalue weighted by atomic mass is 9.86. The Bertz CT molecular complexity index is 867. The van der Waals surface area contributed by atoms with E-state index in [1.165, 1.54) is 0 Å². The van der Waals surface area contributed by atoms with Crippen LogP contribution in [-0.2, 0) is 16.5 Å². The van der Waals surface area contributed by atoms with E-state index in [9.17, 15) is 4.79 Å². The predicted molar refractivity (Wildman–Crippen MR) is 112 cm³/mol. The summed E-state index contributed by atoms with van der Waals surface area (Å²) < 4.78 is 13.3. The summed E-state index contributed by atoms with van der Waals surface area (Å²) in [5.74, 6) is 0.521. The Morgan fingerprint density at radius 2 is 2.24 bits per heavy atom. The van der Waals surface area contributed by atoms with Crippen LogP contribution in [0.5, 0.6) is 0 Å². The molecule has 158 valence electrons. The van der Waals surface area contributed by atoms with E-state index in [0.717, 1.165) is 63.0 Å². The molecule has 0 unspecified atom stereocenters. The van der Waals surface area contributed by atoms with Crippen molar-refractivity contribution in [1.82, 2.24) is 19.6 Å². The second kappa shape index (κ2) is 8.42. The van der Waals surface area contributed by atoms with Crippen LogP contribution in [0.1, 0.15) is 29.8 Å². The van der Waals surface area contributed by atoms with E-state index in [1.54, 1.807) is 11.8 Å². The molecule has 3 heterocycles. The molecule has 7 nitrogen and oxygen atoms in total. The van der Waals surface area contributed by atoms with Crippen molar-refractivity contribution in [2.75, 3.05) is 53.6 Å². The van der Waals surface area contributed by atoms with E-state index in [2.05, 4.69) is 17.0 Å². The summed E-state index contributed by atoms with van der Waals surface area (Å²) >= 11 is 0. The van der Waals surface area contributed by atoms with Gasteiger partial charge >= 0.3 is 0 Å². The molecule has 1 aromatic carbocycles. The van der Waals surface area contributed by atoms with Gasteiger partial charge in [0.1, 0.15) is 0 Å². The summed E-state index contributed by atoms with van der Waals surface area (Å²) in [6.45, 7) is 4.88. The molecule has 0 aliphatic carbocycles. The number of benzene rings is 1. The number of aromatic nitrogens is 2. The Kier molecular flexibility index (Phi) is 5.90. The van der Waals surface area contributed by atoms with Crippen LogP contribution in [0.4, 0.5) is 0 Å². The van der Waals surface area contributed by atoms with Gasteiger partial charge in [0.25, 0.3) is 5.91 Å². The van der Waals surface area contributed by atoms with Crippen molar-refractivity contribution in [3.8, 4) is 0 Å². The molecule has 1 spiro atoms. The number of para-hydroxylation sites is 1. The summed E-state index contributed by atoms with van der Waals surface area (Å²) in [6.07, 6.45) is 3.01. The zero-order chi connectivity index (χ0) is 20.4. The molecule has 2 saturated heterocycles. The first kappa shape index (κ1) is 20.3. The van der Waals surface area contributed by atoms with Crippen LogP contribution in [0.25, 0.3) is 10.9 Å². The highest BCUT2D eigenvalue weighted by atomic mass is 16.5. The lowest BCUT2D eigenvalue weighted by molar-refractivity contribution is -0.0451. The standard InChI is InChI=1S/C22H32N4O3/c1-24(11-12-28-3)14-17-13-22(29-15-17)9-6-10-26(16-22)21(27)20-18-7-4-5-8-19(18)25(2)23-20/h4-5,7-8,17H,6,9-16H2,1-3H3/t17-,22+/m1/s1. The third-order valence-electron chi connectivity index (χ3n) is 6.32. The average molecular weight is 401 g/mol. The maximum absolute atomic E-state index is 13.3. The number of hydrogen-bond acceptors (Lipinski definition) is 5. The lowest BCUT2D eigenvalue weighted by Gasteiger charge is -2.39. The Hall–Kier alpha value is -1.96. The van der Waals surface area contributed by atoms with Gasteiger partial charge in [0.15, 0.2) is 5.69 Å². The fourth-order valence-electron chi connectivity index (χ4n) is 4.91.